The second-order valence-electron chi connectivity index (χ2n) is 8.11. The third kappa shape index (κ3) is 5.59. The van der Waals surface area contributed by atoms with Crippen molar-refractivity contribution in [3.05, 3.63) is 69.6 Å². The van der Waals surface area contributed by atoms with Gasteiger partial charge < -0.3 is 14.4 Å². The molecular weight excluding hydrogens is 485 g/mol. The topological polar surface area (TPSA) is 51.9 Å². The maximum atomic E-state index is 12.9. The fourth-order valence-corrected chi connectivity index (χ4v) is 4.48. The van der Waals surface area contributed by atoms with Gasteiger partial charge in [0.05, 0.1) is 23.7 Å². The van der Waals surface area contributed by atoms with Crippen molar-refractivity contribution in [3.8, 4) is 17.2 Å². The molecule has 188 valence electrons. The van der Waals surface area contributed by atoms with Crippen LogP contribution in [0.15, 0.2) is 53.3 Å². The average Bonchev–Trinajstić information content (AvgIpc) is 3.03. The van der Waals surface area contributed by atoms with Crippen LogP contribution in [-0.2, 0) is 13.6 Å². The summed E-state index contributed by atoms with van der Waals surface area (Å²) < 4.78 is 49.9. The molecule has 1 aromatic heterocycles. The molecule has 0 atom stereocenters. The molecule has 0 aliphatic carbocycles. The molecule has 0 spiro atoms. The first-order valence-electron chi connectivity index (χ1n) is 11.2. The molecule has 11 heteroatoms. The van der Waals surface area contributed by atoms with E-state index in [0.29, 0.717) is 24.5 Å². The summed E-state index contributed by atoms with van der Waals surface area (Å²) in [6.07, 6.45) is -4.78. The molecule has 1 aliphatic rings. The van der Waals surface area contributed by atoms with Crippen molar-refractivity contribution in [2.24, 2.45) is 7.05 Å². The molecule has 0 saturated carbocycles. The number of piperazine rings is 1. The van der Waals surface area contributed by atoms with Gasteiger partial charge in [-0.25, -0.2) is 4.68 Å². The molecule has 0 unspecified atom stereocenters. The van der Waals surface area contributed by atoms with Gasteiger partial charge >= 0.3 is 6.36 Å². The quantitative estimate of drug-likeness (QED) is 0.470. The van der Waals surface area contributed by atoms with Crippen LogP contribution in [0.1, 0.15) is 12.6 Å². The van der Waals surface area contributed by atoms with E-state index < -0.39 is 11.9 Å². The Morgan fingerprint density at radius 3 is 2.29 bits per heavy atom. The number of benzene rings is 2. The molecule has 1 saturated heterocycles. The van der Waals surface area contributed by atoms with E-state index in [4.69, 9.17) is 16.3 Å². The fraction of sp³-hybridized carbons (Fsp3) is 0.375. The van der Waals surface area contributed by atoms with E-state index in [0.717, 1.165) is 49.7 Å². The minimum Gasteiger partial charge on any atom is -0.492 e. The van der Waals surface area contributed by atoms with Gasteiger partial charge in [-0.3, -0.25) is 14.4 Å². The Bertz CT molecular complexity index is 1220. The lowest BCUT2D eigenvalue weighted by Crippen LogP contribution is -2.46. The number of ether oxygens (including phenoxy) is 2. The number of anilines is 1. The van der Waals surface area contributed by atoms with E-state index in [1.807, 2.05) is 31.2 Å². The number of halogens is 4. The van der Waals surface area contributed by atoms with Crippen LogP contribution >= 0.6 is 11.6 Å². The predicted molar refractivity (Wildman–Crippen MR) is 128 cm³/mol. The molecule has 3 aromatic rings. The minimum absolute atomic E-state index is 0.0900. The van der Waals surface area contributed by atoms with E-state index in [1.54, 1.807) is 11.7 Å². The third-order valence-electron chi connectivity index (χ3n) is 5.89. The highest BCUT2D eigenvalue weighted by molar-refractivity contribution is 6.31. The van der Waals surface area contributed by atoms with Crippen molar-refractivity contribution in [2.75, 3.05) is 37.7 Å². The van der Waals surface area contributed by atoms with Crippen LogP contribution in [0.4, 0.5) is 18.9 Å². The molecule has 1 aliphatic heterocycles. The maximum absolute atomic E-state index is 12.9. The Balaban J connectivity index is 1.47. The molecule has 7 nitrogen and oxygen atoms in total. The summed E-state index contributed by atoms with van der Waals surface area (Å²) in [4.78, 5) is 17.3. The molecule has 4 rings (SSSR count). The lowest BCUT2D eigenvalue weighted by Gasteiger charge is -2.36. The van der Waals surface area contributed by atoms with E-state index >= 15 is 0 Å². The average molecular weight is 511 g/mol. The van der Waals surface area contributed by atoms with Gasteiger partial charge in [-0.2, -0.15) is 0 Å². The van der Waals surface area contributed by atoms with Gasteiger partial charge in [-0.1, -0.05) is 23.7 Å². The van der Waals surface area contributed by atoms with E-state index in [-0.39, 0.29) is 10.8 Å². The molecule has 35 heavy (non-hydrogen) atoms. The standard InChI is InChI=1S/C24H26ClF3N4O3/c1-3-34-21-7-5-4-6-19(21)31-14-12-30(13-15-31)16-20-22(25)23(33)32(29(20)2)17-8-10-18(11-9-17)35-24(26,27)28/h4-11H,3,12-16H2,1-2H3. The highest BCUT2D eigenvalue weighted by Crippen LogP contribution is 2.29. The van der Waals surface area contributed by atoms with Gasteiger partial charge in [-0.15, -0.1) is 13.2 Å². The number of aromatic nitrogens is 2. The van der Waals surface area contributed by atoms with E-state index in [2.05, 4.69) is 14.5 Å². The van der Waals surface area contributed by atoms with Crippen LogP contribution in [0.5, 0.6) is 11.5 Å². The molecule has 1 fully saturated rings. The lowest BCUT2D eigenvalue weighted by molar-refractivity contribution is -0.274. The zero-order valence-corrected chi connectivity index (χ0v) is 20.1. The first-order chi connectivity index (χ1) is 16.7. The summed E-state index contributed by atoms with van der Waals surface area (Å²) in [7, 11) is 1.71. The van der Waals surface area contributed by atoms with E-state index in [9.17, 15) is 18.0 Å². The first-order valence-corrected chi connectivity index (χ1v) is 11.6. The number of alkyl halides is 3. The molecule has 2 heterocycles. The maximum Gasteiger partial charge on any atom is 0.573 e. The third-order valence-corrected chi connectivity index (χ3v) is 6.27. The van der Waals surface area contributed by atoms with Gasteiger partial charge in [0.2, 0.25) is 0 Å². The number of para-hydroxylation sites is 2. The van der Waals surface area contributed by atoms with Crippen LogP contribution in [0.25, 0.3) is 5.69 Å². The fourth-order valence-electron chi connectivity index (χ4n) is 4.22. The van der Waals surface area contributed by atoms with Crippen LogP contribution in [0.3, 0.4) is 0 Å². The Morgan fingerprint density at radius 1 is 1.00 bits per heavy atom. The van der Waals surface area contributed by atoms with Gasteiger partial charge in [0.25, 0.3) is 5.56 Å². The number of rotatable bonds is 7. The minimum atomic E-state index is -4.78. The zero-order valence-electron chi connectivity index (χ0n) is 19.4. The smallest absolute Gasteiger partial charge is 0.492 e. The highest BCUT2D eigenvalue weighted by atomic mass is 35.5. The summed E-state index contributed by atoms with van der Waals surface area (Å²) >= 11 is 6.41. The summed E-state index contributed by atoms with van der Waals surface area (Å²) in [6, 6.07) is 13.1. The highest BCUT2D eigenvalue weighted by Gasteiger charge is 2.31. The summed E-state index contributed by atoms with van der Waals surface area (Å²) in [5.41, 5.74) is 1.65. The van der Waals surface area contributed by atoms with Gasteiger partial charge in [0, 0.05) is 39.8 Å². The molecule has 0 N–H and O–H groups in total. The molecule has 0 radical (unpaired) electrons. The van der Waals surface area contributed by atoms with Crippen LogP contribution in [0.2, 0.25) is 5.02 Å². The van der Waals surface area contributed by atoms with Gasteiger partial charge in [0.15, 0.2) is 0 Å². The van der Waals surface area contributed by atoms with Crippen LogP contribution in [-0.4, -0.2) is 53.4 Å². The number of hydrogen-bond acceptors (Lipinski definition) is 5. The van der Waals surface area contributed by atoms with Crippen molar-refractivity contribution in [3.63, 3.8) is 0 Å². The lowest BCUT2D eigenvalue weighted by atomic mass is 10.2. The second kappa shape index (κ2) is 10.2. The van der Waals surface area contributed by atoms with Crippen molar-refractivity contribution in [1.82, 2.24) is 14.3 Å². The Hall–Kier alpha value is -3.11. The molecule has 0 bridgehead atoms. The monoisotopic (exact) mass is 510 g/mol. The van der Waals surface area contributed by atoms with Gasteiger partial charge in [-0.05, 0) is 43.3 Å². The van der Waals surface area contributed by atoms with Crippen LogP contribution in [0, 0.1) is 0 Å². The van der Waals surface area contributed by atoms with Crippen LogP contribution < -0.4 is 19.9 Å². The predicted octanol–water partition coefficient (Wildman–Crippen LogP) is 4.45. The van der Waals surface area contributed by atoms with E-state index in [1.165, 1.54) is 16.8 Å². The van der Waals surface area contributed by atoms with Crippen molar-refractivity contribution in [1.29, 1.82) is 0 Å². The van der Waals surface area contributed by atoms with Crippen molar-refractivity contribution < 1.29 is 22.6 Å². The first kappa shape index (κ1) is 25.0. The number of hydrogen-bond donors (Lipinski definition) is 0. The molecule has 2 aromatic carbocycles. The molecule has 0 amide bonds. The largest absolute Gasteiger partial charge is 0.573 e. The van der Waals surface area contributed by atoms with Crippen molar-refractivity contribution in [2.45, 2.75) is 19.8 Å². The summed E-state index contributed by atoms with van der Waals surface area (Å²) in [5, 5.41) is 0.0900. The summed E-state index contributed by atoms with van der Waals surface area (Å²) in [5.74, 6) is 0.497. The Labute approximate surface area is 205 Å². The zero-order chi connectivity index (χ0) is 25.2. The number of nitrogens with zero attached hydrogens (tertiary/aromatic N) is 4. The SMILES string of the molecule is CCOc1ccccc1N1CCN(Cc2c(Cl)c(=O)n(-c3ccc(OC(F)(F)F)cc3)n2C)CC1. The second-order valence-corrected chi connectivity index (χ2v) is 8.48. The molecular formula is C24H26ClF3N4O3. The summed E-state index contributed by atoms with van der Waals surface area (Å²) in [6.45, 7) is 6.12. The van der Waals surface area contributed by atoms with Crippen molar-refractivity contribution >= 4 is 17.3 Å². The van der Waals surface area contributed by atoms with Gasteiger partial charge in [0.1, 0.15) is 16.5 Å². The Morgan fingerprint density at radius 2 is 1.66 bits per heavy atom. The normalized spacial score (nSPS) is 14.9. The Kier molecular flexibility index (Phi) is 7.32.